The molecule has 0 saturated carbocycles. The molecular formula is C24H27N3O3. The molecule has 2 aromatic carbocycles. The molecular weight excluding hydrogens is 378 g/mol. The van der Waals surface area contributed by atoms with E-state index in [9.17, 15) is 4.79 Å². The number of likely N-dealkylation sites (tertiary alicyclic amines) is 1. The molecule has 1 fully saturated rings. The van der Waals surface area contributed by atoms with E-state index in [1.54, 1.807) is 20.3 Å². The van der Waals surface area contributed by atoms with E-state index in [4.69, 9.17) is 9.47 Å². The lowest BCUT2D eigenvalue weighted by atomic mass is 9.86. The molecule has 0 bridgehead atoms. The molecule has 0 aliphatic carbocycles. The van der Waals surface area contributed by atoms with Gasteiger partial charge in [0.15, 0.2) is 0 Å². The maximum absolute atomic E-state index is 12.1. The summed E-state index contributed by atoms with van der Waals surface area (Å²) in [5.41, 5.74) is 3.23. The molecule has 1 aliphatic heterocycles. The van der Waals surface area contributed by atoms with Crippen LogP contribution in [0.25, 0.3) is 0 Å². The molecule has 0 radical (unpaired) electrons. The van der Waals surface area contributed by atoms with Crippen molar-refractivity contribution in [1.82, 2.24) is 14.9 Å². The van der Waals surface area contributed by atoms with Gasteiger partial charge in [0.05, 0.1) is 19.9 Å². The second-order valence-electron chi connectivity index (χ2n) is 7.78. The van der Waals surface area contributed by atoms with Crippen LogP contribution >= 0.6 is 0 Å². The van der Waals surface area contributed by atoms with Crippen LogP contribution < -0.4 is 15.0 Å². The van der Waals surface area contributed by atoms with Gasteiger partial charge in [-0.25, -0.2) is 4.98 Å². The molecule has 3 aromatic rings. The van der Waals surface area contributed by atoms with Gasteiger partial charge in [0.2, 0.25) is 0 Å². The first-order chi connectivity index (χ1) is 14.6. The number of aromatic nitrogens is 2. The Kier molecular flexibility index (Phi) is 5.86. The number of H-pyrrole nitrogens is 1. The summed E-state index contributed by atoms with van der Waals surface area (Å²) in [6, 6.07) is 18.1. The maximum atomic E-state index is 12.1. The molecule has 30 heavy (non-hydrogen) atoms. The van der Waals surface area contributed by atoms with Gasteiger partial charge in [0.1, 0.15) is 17.3 Å². The molecule has 0 unspecified atom stereocenters. The highest BCUT2D eigenvalue weighted by atomic mass is 16.5. The Morgan fingerprint density at radius 1 is 0.967 bits per heavy atom. The van der Waals surface area contributed by atoms with Gasteiger partial charge in [-0.3, -0.25) is 9.69 Å². The number of ether oxygens (including phenoxy) is 2. The van der Waals surface area contributed by atoms with Gasteiger partial charge >= 0.3 is 0 Å². The number of benzene rings is 2. The largest absolute Gasteiger partial charge is 0.497 e. The van der Waals surface area contributed by atoms with Crippen LogP contribution in [0.3, 0.4) is 0 Å². The van der Waals surface area contributed by atoms with Gasteiger partial charge in [-0.1, -0.05) is 24.3 Å². The number of rotatable bonds is 6. The number of hydrogen-bond acceptors (Lipinski definition) is 5. The number of aryl methyl sites for hydroxylation is 1. The van der Waals surface area contributed by atoms with E-state index in [1.165, 1.54) is 11.1 Å². The standard InChI is InChI=1S/C24H27N3O3/c1-16-25-23(12-24(28)26-16)22-15-27(13-17-4-8-19(29-2)9-5-17)14-21(22)18-6-10-20(30-3)11-7-18/h4-12,21-22H,13-15H2,1-3H3,(H,25,26,28)/t21-,22+/m0/s1. The first-order valence-corrected chi connectivity index (χ1v) is 10.1. The normalized spacial score (nSPS) is 19.0. The van der Waals surface area contributed by atoms with E-state index in [0.29, 0.717) is 5.82 Å². The van der Waals surface area contributed by atoms with Crippen molar-refractivity contribution in [2.75, 3.05) is 27.3 Å². The average molecular weight is 405 g/mol. The van der Waals surface area contributed by atoms with E-state index < -0.39 is 0 Å². The Morgan fingerprint density at radius 2 is 1.57 bits per heavy atom. The van der Waals surface area contributed by atoms with Crippen LogP contribution in [0.4, 0.5) is 0 Å². The Balaban J connectivity index is 1.62. The molecule has 1 N–H and O–H groups in total. The van der Waals surface area contributed by atoms with Crippen molar-refractivity contribution < 1.29 is 9.47 Å². The summed E-state index contributed by atoms with van der Waals surface area (Å²) in [6.45, 7) is 4.42. The van der Waals surface area contributed by atoms with Crippen molar-refractivity contribution >= 4 is 0 Å². The fourth-order valence-electron chi connectivity index (χ4n) is 4.28. The molecule has 4 rings (SSSR count). The maximum Gasteiger partial charge on any atom is 0.251 e. The van der Waals surface area contributed by atoms with Gasteiger partial charge in [-0.2, -0.15) is 0 Å². The van der Waals surface area contributed by atoms with Gasteiger partial charge < -0.3 is 14.5 Å². The SMILES string of the molecule is COc1ccc(CN2C[C@@H](c3ccc(OC)cc3)[C@H](c3cc(=O)[nH]c(C)n3)C2)cc1. The summed E-state index contributed by atoms with van der Waals surface area (Å²) >= 11 is 0. The Morgan fingerprint density at radius 3 is 2.17 bits per heavy atom. The Hall–Kier alpha value is -3.12. The van der Waals surface area contributed by atoms with E-state index in [0.717, 1.165) is 36.8 Å². The van der Waals surface area contributed by atoms with Crippen LogP contribution in [0.2, 0.25) is 0 Å². The minimum Gasteiger partial charge on any atom is -0.497 e. The quantitative estimate of drug-likeness (QED) is 0.680. The zero-order valence-electron chi connectivity index (χ0n) is 17.6. The summed E-state index contributed by atoms with van der Waals surface area (Å²) in [5.74, 6) is 2.76. The number of nitrogens with zero attached hydrogens (tertiary/aromatic N) is 2. The lowest BCUT2D eigenvalue weighted by Gasteiger charge is -2.19. The molecule has 2 atom stereocenters. The second-order valence-corrected chi connectivity index (χ2v) is 7.78. The lowest BCUT2D eigenvalue weighted by Crippen LogP contribution is -2.20. The van der Waals surface area contributed by atoms with Crippen molar-refractivity contribution in [2.24, 2.45) is 0 Å². The van der Waals surface area contributed by atoms with Crippen LogP contribution in [-0.4, -0.2) is 42.2 Å². The van der Waals surface area contributed by atoms with Crippen molar-refractivity contribution in [1.29, 1.82) is 0 Å². The molecule has 1 aromatic heterocycles. The third-order valence-electron chi connectivity index (χ3n) is 5.76. The van der Waals surface area contributed by atoms with Gasteiger partial charge in [0, 0.05) is 37.5 Å². The molecule has 2 heterocycles. The lowest BCUT2D eigenvalue weighted by molar-refractivity contribution is 0.323. The first kappa shape index (κ1) is 20.2. The van der Waals surface area contributed by atoms with Crippen molar-refractivity contribution in [3.8, 4) is 11.5 Å². The molecule has 0 amide bonds. The fraction of sp³-hybridized carbons (Fsp3) is 0.333. The molecule has 1 saturated heterocycles. The zero-order valence-corrected chi connectivity index (χ0v) is 17.6. The smallest absolute Gasteiger partial charge is 0.251 e. The predicted molar refractivity (Wildman–Crippen MR) is 116 cm³/mol. The van der Waals surface area contributed by atoms with Crippen LogP contribution in [-0.2, 0) is 6.54 Å². The van der Waals surface area contributed by atoms with Crippen molar-refractivity contribution in [3.05, 3.63) is 87.6 Å². The molecule has 1 aliphatic rings. The summed E-state index contributed by atoms with van der Waals surface area (Å²) in [7, 11) is 3.35. The van der Waals surface area contributed by atoms with Gasteiger partial charge in [-0.15, -0.1) is 0 Å². The highest BCUT2D eigenvalue weighted by molar-refractivity contribution is 5.34. The van der Waals surface area contributed by atoms with E-state index in [1.807, 2.05) is 31.2 Å². The van der Waals surface area contributed by atoms with Crippen LogP contribution in [0.15, 0.2) is 59.4 Å². The minimum absolute atomic E-state index is 0.0976. The summed E-state index contributed by atoms with van der Waals surface area (Å²) in [5, 5.41) is 0. The van der Waals surface area contributed by atoms with Crippen LogP contribution in [0.1, 0.15) is 34.5 Å². The Labute approximate surface area is 176 Å². The minimum atomic E-state index is -0.0976. The second kappa shape index (κ2) is 8.71. The molecule has 156 valence electrons. The zero-order chi connectivity index (χ0) is 21.1. The van der Waals surface area contributed by atoms with Gasteiger partial charge in [-0.05, 0) is 42.3 Å². The third-order valence-corrected chi connectivity index (χ3v) is 5.76. The average Bonchev–Trinajstić information content (AvgIpc) is 3.17. The molecule has 6 heteroatoms. The van der Waals surface area contributed by atoms with E-state index in [2.05, 4.69) is 39.1 Å². The van der Waals surface area contributed by atoms with Crippen LogP contribution in [0.5, 0.6) is 11.5 Å². The summed E-state index contributed by atoms with van der Waals surface area (Å²) in [6.07, 6.45) is 0. The molecule has 6 nitrogen and oxygen atoms in total. The topological polar surface area (TPSA) is 67.5 Å². The number of methoxy groups -OCH3 is 2. The highest BCUT2D eigenvalue weighted by Crippen LogP contribution is 2.39. The van der Waals surface area contributed by atoms with E-state index in [-0.39, 0.29) is 17.4 Å². The van der Waals surface area contributed by atoms with E-state index >= 15 is 0 Å². The predicted octanol–water partition coefficient (Wildman–Crippen LogP) is 3.48. The van der Waals surface area contributed by atoms with Crippen molar-refractivity contribution in [3.63, 3.8) is 0 Å². The number of aromatic amines is 1. The van der Waals surface area contributed by atoms with Crippen molar-refractivity contribution in [2.45, 2.75) is 25.3 Å². The highest BCUT2D eigenvalue weighted by Gasteiger charge is 2.36. The summed E-state index contributed by atoms with van der Waals surface area (Å²) in [4.78, 5) is 21.9. The third kappa shape index (κ3) is 4.39. The fourth-order valence-corrected chi connectivity index (χ4v) is 4.28. The Bertz CT molecular complexity index is 1040. The van der Waals surface area contributed by atoms with Gasteiger partial charge in [0.25, 0.3) is 5.56 Å². The molecule has 0 spiro atoms. The number of hydrogen-bond donors (Lipinski definition) is 1. The summed E-state index contributed by atoms with van der Waals surface area (Å²) < 4.78 is 10.6. The monoisotopic (exact) mass is 405 g/mol. The van der Waals surface area contributed by atoms with Crippen LogP contribution in [0, 0.1) is 6.92 Å². The number of nitrogens with one attached hydrogen (secondary N) is 1. The first-order valence-electron chi connectivity index (χ1n) is 10.1.